The van der Waals surface area contributed by atoms with Crippen molar-refractivity contribution in [1.29, 1.82) is 0 Å². The number of likely N-dealkylation sites (tertiary alicyclic amines) is 1. The summed E-state index contributed by atoms with van der Waals surface area (Å²) in [6.45, 7) is 7.62. The summed E-state index contributed by atoms with van der Waals surface area (Å²) in [6, 6.07) is 4.26. The van der Waals surface area contributed by atoms with Crippen LogP contribution in [0.25, 0.3) is 0 Å². The van der Waals surface area contributed by atoms with Crippen LogP contribution in [0, 0.1) is 0 Å². The third kappa shape index (κ3) is 4.43. The second-order valence-electron chi connectivity index (χ2n) is 7.57. The van der Waals surface area contributed by atoms with Gasteiger partial charge in [0.2, 0.25) is 5.91 Å². The molecule has 28 heavy (non-hydrogen) atoms. The van der Waals surface area contributed by atoms with Crippen molar-refractivity contribution in [3.63, 3.8) is 0 Å². The monoisotopic (exact) mass is 396 g/mol. The fraction of sp³-hybridized carbons (Fsp3) is 0.550. The third-order valence-corrected chi connectivity index (χ3v) is 5.70. The number of rotatable bonds is 4. The zero-order valence-corrected chi connectivity index (χ0v) is 16.4. The molecule has 0 spiro atoms. The molecule has 3 rings (SSSR count). The number of nitrogens with zero attached hydrogens (tertiary/aromatic N) is 4. The van der Waals surface area contributed by atoms with Gasteiger partial charge in [-0.05, 0) is 37.7 Å². The Balaban J connectivity index is 1.86. The molecule has 154 valence electrons. The topological polar surface area (TPSA) is 30.0 Å². The Labute approximate surface area is 164 Å². The second kappa shape index (κ2) is 8.03. The first-order chi connectivity index (χ1) is 13.2. The number of benzene rings is 1. The van der Waals surface area contributed by atoms with Crippen molar-refractivity contribution >= 4 is 17.3 Å². The quantitative estimate of drug-likeness (QED) is 0.732. The number of alkyl halides is 3. The van der Waals surface area contributed by atoms with Crippen LogP contribution in [-0.4, -0.2) is 75.1 Å². The van der Waals surface area contributed by atoms with Crippen LogP contribution in [-0.2, 0) is 11.0 Å². The summed E-state index contributed by atoms with van der Waals surface area (Å²) in [5.41, 5.74) is 0.492. The fourth-order valence-electron chi connectivity index (χ4n) is 3.81. The molecule has 1 atom stereocenters. The SMILES string of the molecule is C=CC(=O)N1CC[C@H](N(C)c2cc(N3CCN(C)CC3)cc(C(F)(F)F)c2)C1. The van der Waals surface area contributed by atoms with Crippen LogP contribution in [0.1, 0.15) is 12.0 Å². The molecule has 0 N–H and O–H groups in total. The van der Waals surface area contributed by atoms with E-state index in [1.54, 1.807) is 11.9 Å². The number of carbonyl (C=O) groups is 1. The molecule has 1 amide bonds. The number of piperazine rings is 1. The molecule has 2 saturated heterocycles. The zero-order chi connectivity index (χ0) is 20.5. The minimum Gasteiger partial charge on any atom is -0.370 e. The number of carbonyl (C=O) groups excluding carboxylic acids is 1. The van der Waals surface area contributed by atoms with Gasteiger partial charge in [0, 0.05) is 63.7 Å². The Kier molecular flexibility index (Phi) is 5.88. The summed E-state index contributed by atoms with van der Waals surface area (Å²) in [6.07, 6.45) is -2.41. The molecule has 2 aliphatic heterocycles. The predicted molar refractivity (Wildman–Crippen MR) is 105 cm³/mol. The van der Waals surface area contributed by atoms with E-state index < -0.39 is 11.7 Å². The summed E-state index contributed by atoms with van der Waals surface area (Å²) in [5.74, 6) is -0.141. The molecule has 2 fully saturated rings. The van der Waals surface area contributed by atoms with Crippen molar-refractivity contribution in [3.05, 3.63) is 36.4 Å². The molecule has 5 nitrogen and oxygen atoms in total. The highest BCUT2D eigenvalue weighted by Crippen LogP contribution is 2.36. The molecule has 0 aliphatic carbocycles. The highest BCUT2D eigenvalue weighted by atomic mass is 19.4. The normalized spacial score (nSPS) is 21.1. The van der Waals surface area contributed by atoms with Gasteiger partial charge in [-0.1, -0.05) is 6.58 Å². The van der Waals surface area contributed by atoms with Crippen molar-refractivity contribution in [2.45, 2.75) is 18.6 Å². The molecular formula is C20H27F3N4O. The van der Waals surface area contributed by atoms with Crippen molar-refractivity contribution in [1.82, 2.24) is 9.80 Å². The minimum absolute atomic E-state index is 0.0206. The molecule has 0 saturated carbocycles. The van der Waals surface area contributed by atoms with Crippen molar-refractivity contribution in [3.8, 4) is 0 Å². The number of anilines is 2. The largest absolute Gasteiger partial charge is 0.416 e. The first kappa shape index (κ1) is 20.5. The summed E-state index contributed by atoms with van der Waals surface area (Å²) in [5, 5.41) is 0. The highest BCUT2D eigenvalue weighted by molar-refractivity contribution is 5.87. The molecular weight excluding hydrogens is 369 g/mol. The number of halogens is 3. The Morgan fingerprint density at radius 3 is 2.46 bits per heavy atom. The van der Waals surface area contributed by atoms with E-state index in [2.05, 4.69) is 11.5 Å². The van der Waals surface area contributed by atoms with Gasteiger partial charge < -0.3 is 19.6 Å². The van der Waals surface area contributed by atoms with Gasteiger partial charge in [0.1, 0.15) is 0 Å². The van der Waals surface area contributed by atoms with E-state index in [0.717, 1.165) is 19.5 Å². The van der Waals surface area contributed by atoms with Gasteiger partial charge in [0.05, 0.1) is 5.56 Å². The standard InChI is InChI=1S/C20H27F3N4O/c1-4-19(28)27-6-5-16(14-27)25(3)17-11-15(20(21,22)23)12-18(13-17)26-9-7-24(2)8-10-26/h4,11-13,16H,1,5-10,14H2,2-3H3/t16-/m0/s1. The maximum absolute atomic E-state index is 13.5. The zero-order valence-electron chi connectivity index (χ0n) is 16.4. The van der Waals surface area contributed by atoms with Gasteiger partial charge in [-0.3, -0.25) is 4.79 Å². The van der Waals surface area contributed by atoms with Gasteiger partial charge >= 0.3 is 6.18 Å². The average molecular weight is 396 g/mol. The van der Waals surface area contributed by atoms with E-state index in [9.17, 15) is 18.0 Å². The molecule has 1 aromatic rings. The first-order valence-electron chi connectivity index (χ1n) is 9.49. The lowest BCUT2D eigenvalue weighted by Crippen LogP contribution is -2.44. The number of likely N-dealkylation sites (N-methyl/N-ethyl adjacent to an activating group) is 2. The van der Waals surface area contributed by atoms with E-state index in [4.69, 9.17) is 0 Å². The smallest absolute Gasteiger partial charge is 0.370 e. The lowest BCUT2D eigenvalue weighted by molar-refractivity contribution is -0.137. The molecule has 0 radical (unpaired) electrons. The van der Waals surface area contributed by atoms with Gasteiger partial charge in [-0.15, -0.1) is 0 Å². The second-order valence-corrected chi connectivity index (χ2v) is 7.57. The summed E-state index contributed by atoms with van der Waals surface area (Å²) in [4.78, 5) is 19.5. The van der Waals surface area contributed by atoms with Gasteiger partial charge in [0.15, 0.2) is 0 Å². The fourth-order valence-corrected chi connectivity index (χ4v) is 3.81. The lowest BCUT2D eigenvalue weighted by Gasteiger charge is -2.35. The minimum atomic E-state index is -4.40. The molecule has 2 heterocycles. The van der Waals surface area contributed by atoms with Crippen LogP contribution < -0.4 is 9.80 Å². The predicted octanol–water partition coefficient (Wildman–Crippen LogP) is 2.68. The maximum atomic E-state index is 13.5. The van der Waals surface area contributed by atoms with Gasteiger partial charge in [-0.25, -0.2) is 0 Å². The van der Waals surface area contributed by atoms with Crippen LogP contribution in [0.15, 0.2) is 30.9 Å². The molecule has 8 heteroatoms. The summed E-state index contributed by atoms with van der Waals surface area (Å²) < 4.78 is 40.6. The van der Waals surface area contributed by atoms with Gasteiger partial charge in [0.25, 0.3) is 0 Å². The van der Waals surface area contributed by atoms with Crippen LogP contribution in [0.3, 0.4) is 0 Å². The number of hydrogen-bond acceptors (Lipinski definition) is 4. The van der Waals surface area contributed by atoms with E-state index >= 15 is 0 Å². The Hall–Kier alpha value is -2.22. The average Bonchev–Trinajstić information content (AvgIpc) is 3.16. The van der Waals surface area contributed by atoms with Gasteiger partial charge in [-0.2, -0.15) is 13.2 Å². The molecule has 0 bridgehead atoms. The molecule has 1 aromatic carbocycles. The van der Waals surface area contributed by atoms with Crippen LogP contribution in [0.4, 0.5) is 24.5 Å². The summed E-state index contributed by atoms with van der Waals surface area (Å²) in [7, 11) is 3.81. The Morgan fingerprint density at radius 1 is 1.18 bits per heavy atom. The Bertz CT molecular complexity index is 729. The van der Waals surface area contributed by atoms with Crippen molar-refractivity contribution < 1.29 is 18.0 Å². The van der Waals surface area contributed by atoms with E-state index in [1.807, 2.05) is 22.9 Å². The van der Waals surface area contributed by atoms with E-state index in [0.29, 0.717) is 37.6 Å². The van der Waals surface area contributed by atoms with Crippen LogP contribution in [0.2, 0.25) is 0 Å². The van der Waals surface area contributed by atoms with Crippen LogP contribution in [0.5, 0.6) is 0 Å². The lowest BCUT2D eigenvalue weighted by atomic mass is 10.1. The van der Waals surface area contributed by atoms with Crippen molar-refractivity contribution in [2.24, 2.45) is 0 Å². The maximum Gasteiger partial charge on any atom is 0.416 e. The number of hydrogen-bond donors (Lipinski definition) is 0. The van der Waals surface area contributed by atoms with Crippen LogP contribution >= 0.6 is 0 Å². The summed E-state index contributed by atoms with van der Waals surface area (Å²) >= 11 is 0. The molecule has 2 aliphatic rings. The first-order valence-corrected chi connectivity index (χ1v) is 9.49. The Morgan fingerprint density at radius 2 is 1.86 bits per heavy atom. The highest BCUT2D eigenvalue weighted by Gasteiger charge is 2.34. The van der Waals surface area contributed by atoms with E-state index in [1.165, 1.54) is 18.2 Å². The molecule has 0 aromatic heterocycles. The van der Waals surface area contributed by atoms with E-state index in [-0.39, 0.29) is 11.9 Å². The number of amides is 1. The molecule has 0 unspecified atom stereocenters. The van der Waals surface area contributed by atoms with Crippen molar-refractivity contribution in [2.75, 3.05) is 63.2 Å². The third-order valence-electron chi connectivity index (χ3n) is 5.70.